The molecule has 3 nitrogen and oxygen atoms in total. The highest BCUT2D eigenvalue weighted by atomic mass is 79.9. The zero-order chi connectivity index (χ0) is 13.1. The van der Waals surface area contributed by atoms with E-state index in [0.717, 1.165) is 0 Å². The first kappa shape index (κ1) is 12.6. The normalized spacial score (nSPS) is 10.1. The molecule has 18 heavy (non-hydrogen) atoms. The van der Waals surface area contributed by atoms with Gasteiger partial charge in [0.15, 0.2) is 0 Å². The summed E-state index contributed by atoms with van der Waals surface area (Å²) < 4.78 is 14.0. The SMILES string of the molecule is Nc1ccc(Br)c(C(=O)Nc2ccccc2F)c1. The highest BCUT2D eigenvalue weighted by Gasteiger charge is 2.12. The maximum atomic E-state index is 13.4. The molecule has 0 aromatic heterocycles. The summed E-state index contributed by atoms with van der Waals surface area (Å²) in [5.74, 6) is -0.898. The van der Waals surface area contributed by atoms with Crippen molar-refractivity contribution in [2.75, 3.05) is 11.1 Å². The lowest BCUT2D eigenvalue weighted by molar-refractivity contribution is 0.102. The molecule has 0 heterocycles. The van der Waals surface area contributed by atoms with Crippen LogP contribution in [-0.2, 0) is 0 Å². The van der Waals surface area contributed by atoms with Gasteiger partial charge in [-0.3, -0.25) is 4.79 Å². The number of rotatable bonds is 2. The van der Waals surface area contributed by atoms with E-state index in [0.29, 0.717) is 15.7 Å². The third kappa shape index (κ3) is 2.68. The van der Waals surface area contributed by atoms with Gasteiger partial charge in [-0.2, -0.15) is 0 Å². The van der Waals surface area contributed by atoms with E-state index in [9.17, 15) is 9.18 Å². The molecule has 0 spiro atoms. The van der Waals surface area contributed by atoms with Gasteiger partial charge in [0.05, 0.1) is 11.3 Å². The van der Waals surface area contributed by atoms with Crippen LogP contribution in [0.5, 0.6) is 0 Å². The molecule has 5 heteroatoms. The number of para-hydroxylation sites is 1. The van der Waals surface area contributed by atoms with Crippen LogP contribution in [0.15, 0.2) is 46.9 Å². The molecule has 2 rings (SSSR count). The molecular formula is C13H10BrFN2O. The number of nitrogen functional groups attached to an aromatic ring is 1. The maximum absolute atomic E-state index is 13.4. The van der Waals surface area contributed by atoms with Crippen molar-refractivity contribution in [3.05, 3.63) is 58.3 Å². The molecule has 1 amide bonds. The number of benzene rings is 2. The summed E-state index contributed by atoms with van der Waals surface area (Å²) in [6.45, 7) is 0. The Morgan fingerprint density at radius 1 is 1.22 bits per heavy atom. The number of hydrogen-bond donors (Lipinski definition) is 2. The highest BCUT2D eigenvalue weighted by molar-refractivity contribution is 9.10. The van der Waals surface area contributed by atoms with Gasteiger partial charge in [0, 0.05) is 10.2 Å². The van der Waals surface area contributed by atoms with Gasteiger partial charge in [-0.15, -0.1) is 0 Å². The van der Waals surface area contributed by atoms with Crippen molar-refractivity contribution in [2.45, 2.75) is 0 Å². The number of nitrogens with two attached hydrogens (primary N) is 1. The predicted octanol–water partition coefficient (Wildman–Crippen LogP) is 3.42. The molecule has 0 saturated heterocycles. The molecule has 2 aromatic rings. The van der Waals surface area contributed by atoms with Crippen molar-refractivity contribution in [3.8, 4) is 0 Å². The second-order valence-electron chi connectivity index (χ2n) is 3.67. The highest BCUT2D eigenvalue weighted by Crippen LogP contribution is 2.21. The van der Waals surface area contributed by atoms with Crippen LogP contribution in [0, 0.1) is 5.82 Å². The van der Waals surface area contributed by atoms with Gasteiger partial charge in [-0.25, -0.2) is 4.39 Å². The molecule has 0 atom stereocenters. The first-order chi connectivity index (χ1) is 8.58. The predicted molar refractivity (Wildman–Crippen MR) is 72.9 cm³/mol. The summed E-state index contributed by atoms with van der Waals surface area (Å²) >= 11 is 3.25. The van der Waals surface area contributed by atoms with Gasteiger partial charge in [0.1, 0.15) is 5.82 Å². The minimum Gasteiger partial charge on any atom is -0.399 e. The Morgan fingerprint density at radius 2 is 1.94 bits per heavy atom. The molecule has 0 fully saturated rings. The summed E-state index contributed by atoms with van der Waals surface area (Å²) in [6, 6.07) is 10.8. The number of carbonyl (C=O) groups is 1. The van der Waals surface area contributed by atoms with Crippen LogP contribution in [0.4, 0.5) is 15.8 Å². The van der Waals surface area contributed by atoms with Gasteiger partial charge in [0.25, 0.3) is 5.91 Å². The fraction of sp³-hybridized carbons (Fsp3) is 0. The summed E-state index contributed by atoms with van der Waals surface area (Å²) in [6.07, 6.45) is 0. The quantitative estimate of drug-likeness (QED) is 0.835. The first-order valence-corrected chi connectivity index (χ1v) is 5.98. The average Bonchev–Trinajstić information content (AvgIpc) is 2.35. The Labute approximate surface area is 112 Å². The Balaban J connectivity index is 2.28. The largest absolute Gasteiger partial charge is 0.399 e. The zero-order valence-corrected chi connectivity index (χ0v) is 10.9. The van der Waals surface area contributed by atoms with E-state index in [1.807, 2.05) is 0 Å². The number of anilines is 2. The Hall–Kier alpha value is -1.88. The number of halogens is 2. The average molecular weight is 309 g/mol. The second kappa shape index (κ2) is 5.18. The topological polar surface area (TPSA) is 55.1 Å². The van der Waals surface area contributed by atoms with Crippen molar-refractivity contribution in [2.24, 2.45) is 0 Å². The van der Waals surface area contributed by atoms with Gasteiger partial charge in [-0.05, 0) is 46.3 Å². The van der Waals surface area contributed by atoms with Gasteiger partial charge < -0.3 is 11.1 Å². The lowest BCUT2D eigenvalue weighted by Crippen LogP contribution is -2.13. The molecule has 3 N–H and O–H groups in total. The Bertz CT molecular complexity index is 601. The second-order valence-corrected chi connectivity index (χ2v) is 4.53. The summed E-state index contributed by atoms with van der Waals surface area (Å²) in [5.41, 5.74) is 6.58. The first-order valence-electron chi connectivity index (χ1n) is 5.19. The van der Waals surface area contributed by atoms with E-state index in [-0.39, 0.29) is 5.69 Å². The van der Waals surface area contributed by atoms with Crippen LogP contribution >= 0.6 is 15.9 Å². The lowest BCUT2D eigenvalue weighted by Gasteiger charge is -2.08. The fourth-order valence-electron chi connectivity index (χ4n) is 1.47. The van der Waals surface area contributed by atoms with Crippen molar-refractivity contribution >= 4 is 33.2 Å². The fourth-order valence-corrected chi connectivity index (χ4v) is 1.90. The number of nitrogens with one attached hydrogen (secondary N) is 1. The van der Waals surface area contributed by atoms with E-state index < -0.39 is 11.7 Å². The zero-order valence-electron chi connectivity index (χ0n) is 9.28. The Morgan fingerprint density at radius 3 is 2.67 bits per heavy atom. The van der Waals surface area contributed by atoms with Crippen molar-refractivity contribution in [1.29, 1.82) is 0 Å². The minimum absolute atomic E-state index is 0.136. The van der Waals surface area contributed by atoms with E-state index in [2.05, 4.69) is 21.2 Å². The standard InChI is InChI=1S/C13H10BrFN2O/c14-10-6-5-8(16)7-9(10)13(18)17-12-4-2-1-3-11(12)15/h1-7H,16H2,(H,17,18). The molecule has 0 radical (unpaired) electrons. The summed E-state index contributed by atoms with van der Waals surface area (Å²) in [4.78, 5) is 12.0. The van der Waals surface area contributed by atoms with Crippen molar-refractivity contribution in [1.82, 2.24) is 0 Å². The molecule has 0 aliphatic heterocycles. The molecule has 0 unspecified atom stereocenters. The van der Waals surface area contributed by atoms with Crippen molar-refractivity contribution < 1.29 is 9.18 Å². The van der Waals surface area contributed by atoms with E-state index in [1.54, 1.807) is 24.3 Å². The molecule has 0 aliphatic rings. The molecule has 92 valence electrons. The Kier molecular flexibility index (Phi) is 3.62. The summed E-state index contributed by atoms with van der Waals surface area (Å²) in [5, 5.41) is 2.50. The molecule has 0 bridgehead atoms. The maximum Gasteiger partial charge on any atom is 0.256 e. The van der Waals surface area contributed by atoms with E-state index >= 15 is 0 Å². The number of amides is 1. The van der Waals surface area contributed by atoms with Crippen LogP contribution in [0.3, 0.4) is 0 Å². The van der Waals surface area contributed by atoms with E-state index in [4.69, 9.17) is 5.73 Å². The van der Waals surface area contributed by atoms with Gasteiger partial charge >= 0.3 is 0 Å². The monoisotopic (exact) mass is 308 g/mol. The van der Waals surface area contributed by atoms with Crippen molar-refractivity contribution in [3.63, 3.8) is 0 Å². The van der Waals surface area contributed by atoms with Crippen LogP contribution in [0.2, 0.25) is 0 Å². The third-order valence-electron chi connectivity index (χ3n) is 2.36. The molecule has 0 aliphatic carbocycles. The molecule has 0 saturated carbocycles. The number of carbonyl (C=O) groups excluding carboxylic acids is 1. The van der Waals surface area contributed by atoms with E-state index in [1.165, 1.54) is 18.2 Å². The lowest BCUT2D eigenvalue weighted by atomic mass is 10.2. The van der Waals surface area contributed by atoms with Crippen LogP contribution in [0.25, 0.3) is 0 Å². The third-order valence-corrected chi connectivity index (χ3v) is 3.05. The molecule has 2 aromatic carbocycles. The van der Waals surface area contributed by atoms with Gasteiger partial charge in [0.2, 0.25) is 0 Å². The van der Waals surface area contributed by atoms with Crippen LogP contribution < -0.4 is 11.1 Å². The summed E-state index contributed by atoms with van der Waals surface area (Å²) in [7, 11) is 0. The van der Waals surface area contributed by atoms with Crippen LogP contribution in [0.1, 0.15) is 10.4 Å². The molecular weight excluding hydrogens is 299 g/mol. The van der Waals surface area contributed by atoms with Gasteiger partial charge in [-0.1, -0.05) is 12.1 Å². The minimum atomic E-state index is -0.481. The number of hydrogen-bond acceptors (Lipinski definition) is 2. The smallest absolute Gasteiger partial charge is 0.256 e. The van der Waals surface area contributed by atoms with Crippen LogP contribution in [-0.4, -0.2) is 5.91 Å².